The van der Waals surface area contributed by atoms with Crippen LogP contribution in [0.5, 0.6) is 0 Å². The van der Waals surface area contributed by atoms with Gasteiger partial charge in [-0.25, -0.2) is 9.48 Å². The van der Waals surface area contributed by atoms with Gasteiger partial charge in [0.15, 0.2) is 0 Å². The Morgan fingerprint density at radius 1 is 1.38 bits per heavy atom. The van der Waals surface area contributed by atoms with E-state index in [4.69, 9.17) is 5.73 Å². The summed E-state index contributed by atoms with van der Waals surface area (Å²) in [5, 5.41) is 27.5. The van der Waals surface area contributed by atoms with Gasteiger partial charge in [0.1, 0.15) is 11.6 Å². The minimum absolute atomic E-state index is 0.0152. The molecular formula is C16H28N8O4S. The van der Waals surface area contributed by atoms with Gasteiger partial charge in [-0.15, -0.1) is 5.10 Å². The molecule has 0 saturated carbocycles. The molecule has 1 aromatic heterocycles. The predicted octanol–water partition coefficient (Wildman–Crippen LogP) is -1.54. The van der Waals surface area contributed by atoms with Crippen LogP contribution in [-0.4, -0.2) is 85.1 Å². The van der Waals surface area contributed by atoms with Gasteiger partial charge in [0, 0.05) is 32.3 Å². The number of primary amides is 1. The lowest BCUT2D eigenvalue weighted by atomic mass is 10.0. The van der Waals surface area contributed by atoms with Crippen molar-refractivity contribution in [3.05, 3.63) is 0 Å². The summed E-state index contributed by atoms with van der Waals surface area (Å²) in [7, 11) is 1.72. The van der Waals surface area contributed by atoms with Crippen molar-refractivity contribution >= 4 is 29.6 Å². The number of hydrogen-bond acceptors (Lipinski definition) is 8. The first-order chi connectivity index (χ1) is 13.6. The number of likely N-dealkylation sites (tertiary alicyclic amines) is 1. The number of tetrazole rings is 1. The SMILES string of the molecule is CC(C)[C@H](NC(N)=O)C(=O)NCC1(O)CCN(C(=O)CCSc2nnnn2C)C1. The highest BCUT2D eigenvalue weighted by Crippen LogP contribution is 2.22. The van der Waals surface area contributed by atoms with E-state index in [1.54, 1.807) is 25.8 Å². The summed E-state index contributed by atoms with van der Waals surface area (Å²) in [6.07, 6.45) is 0.646. The number of carbonyl (C=O) groups is 3. The molecule has 0 aliphatic carbocycles. The molecule has 1 unspecified atom stereocenters. The van der Waals surface area contributed by atoms with Crippen LogP contribution in [0.3, 0.4) is 0 Å². The second-order valence-corrected chi connectivity index (χ2v) is 8.48. The summed E-state index contributed by atoms with van der Waals surface area (Å²) < 4.78 is 1.53. The van der Waals surface area contributed by atoms with E-state index in [9.17, 15) is 19.5 Å². The van der Waals surface area contributed by atoms with Crippen molar-refractivity contribution in [2.24, 2.45) is 18.7 Å². The summed E-state index contributed by atoms with van der Waals surface area (Å²) in [4.78, 5) is 37.4. The topological polar surface area (TPSA) is 168 Å². The molecule has 0 bridgehead atoms. The number of nitrogens with two attached hydrogens (primary N) is 1. The van der Waals surface area contributed by atoms with Gasteiger partial charge in [-0.05, 0) is 22.8 Å². The third kappa shape index (κ3) is 6.56. The highest BCUT2D eigenvalue weighted by molar-refractivity contribution is 7.99. The van der Waals surface area contributed by atoms with Crippen LogP contribution in [-0.2, 0) is 16.6 Å². The molecule has 1 aromatic rings. The van der Waals surface area contributed by atoms with E-state index in [2.05, 4.69) is 26.2 Å². The van der Waals surface area contributed by atoms with Gasteiger partial charge >= 0.3 is 6.03 Å². The average Bonchev–Trinajstić information content (AvgIpc) is 3.24. The summed E-state index contributed by atoms with van der Waals surface area (Å²) in [5.41, 5.74) is 3.90. The number of aliphatic hydroxyl groups is 1. The number of aromatic nitrogens is 4. The lowest BCUT2D eigenvalue weighted by Crippen LogP contribution is -2.54. The Kier molecular flexibility index (Phi) is 7.79. The van der Waals surface area contributed by atoms with Crippen molar-refractivity contribution in [2.75, 3.05) is 25.4 Å². The zero-order chi connectivity index (χ0) is 21.6. The molecule has 12 nitrogen and oxygen atoms in total. The number of thioether (sulfide) groups is 1. The summed E-state index contributed by atoms with van der Waals surface area (Å²) in [6.45, 7) is 4.09. The number of urea groups is 1. The highest BCUT2D eigenvalue weighted by atomic mass is 32.2. The number of nitrogens with zero attached hydrogens (tertiary/aromatic N) is 5. The molecule has 5 N–H and O–H groups in total. The van der Waals surface area contributed by atoms with Gasteiger partial charge in [0.05, 0.1) is 6.54 Å². The number of amides is 4. The molecular weight excluding hydrogens is 400 g/mol. The van der Waals surface area contributed by atoms with Crippen LogP contribution in [0.2, 0.25) is 0 Å². The van der Waals surface area contributed by atoms with Crippen LogP contribution in [0.15, 0.2) is 5.16 Å². The fourth-order valence-electron chi connectivity index (χ4n) is 2.99. The molecule has 1 aliphatic rings. The molecule has 13 heteroatoms. The number of hydrogen-bond donors (Lipinski definition) is 4. The first-order valence-corrected chi connectivity index (χ1v) is 10.3. The molecule has 0 spiro atoms. The summed E-state index contributed by atoms with van der Waals surface area (Å²) in [5.74, 6) is -0.149. The highest BCUT2D eigenvalue weighted by Gasteiger charge is 2.38. The molecule has 0 radical (unpaired) electrons. The molecule has 29 heavy (non-hydrogen) atoms. The van der Waals surface area contributed by atoms with Gasteiger partial charge in [-0.1, -0.05) is 25.6 Å². The van der Waals surface area contributed by atoms with E-state index in [-0.39, 0.29) is 31.3 Å². The largest absolute Gasteiger partial charge is 0.386 e. The van der Waals surface area contributed by atoms with Crippen LogP contribution in [0.4, 0.5) is 4.79 Å². The van der Waals surface area contributed by atoms with E-state index in [1.165, 1.54) is 16.4 Å². The van der Waals surface area contributed by atoms with Crippen LogP contribution in [0.25, 0.3) is 0 Å². The molecule has 1 saturated heterocycles. The van der Waals surface area contributed by atoms with E-state index < -0.39 is 23.6 Å². The van der Waals surface area contributed by atoms with Crippen molar-refractivity contribution in [2.45, 2.75) is 43.5 Å². The molecule has 2 heterocycles. The second-order valence-electron chi connectivity index (χ2n) is 7.42. The molecule has 4 amide bonds. The Morgan fingerprint density at radius 2 is 2.10 bits per heavy atom. The number of nitrogens with one attached hydrogen (secondary N) is 2. The maximum Gasteiger partial charge on any atom is 0.312 e. The Labute approximate surface area is 172 Å². The molecule has 1 fully saturated rings. The van der Waals surface area contributed by atoms with Gasteiger partial charge < -0.3 is 26.4 Å². The molecule has 1 aliphatic heterocycles. The monoisotopic (exact) mass is 428 g/mol. The molecule has 0 aromatic carbocycles. The standard InChI is InChI=1S/C16H28N8O4S/c1-10(2)12(19-14(17)27)13(26)18-8-16(28)5-6-24(9-16)11(25)4-7-29-15-20-21-22-23(15)3/h10,12,28H,4-9H2,1-3H3,(H,18,26)(H3,17,19,27)/t12-,16?/m0/s1. The summed E-state index contributed by atoms with van der Waals surface area (Å²) >= 11 is 1.38. The Bertz CT molecular complexity index is 742. The number of carbonyl (C=O) groups excluding carboxylic acids is 3. The Morgan fingerprint density at radius 3 is 2.69 bits per heavy atom. The zero-order valence-electron chi connectivity index (χ0n) is 16.8. The summed E-state index contributed by atoms with van der Waals surface area (Å²) in [6, 6.07) is -1.58. The van der Waals surface area contributed by atoms with Crippen LogP contribution in [0, 0.1) is 5.92 Å². The van der Waals surface area contributed by atoms with Crippen molar-refractivity contribution in [3.8, 4) is 0 Å². The maximum atomic E-state index is 12.4. The fourth-order valence-corrected chi connectivity index (χ4v) is 3.77. The molecule has 2 rings (SSSR count). The third-order valence-corrected chi connectivity index (χ3v) is 5.66. The smallest absolute Gasteiger partial charge is 0.312 e. The zero-order valence-corrected chi connectivity index (χ0v) is 17.6. The lowest BCUT2D eigenvalue weighted by molar-refractivity contribution is -0.130. The van der Waals surface area contributed by atoms with Gasteiger partial charge in [0.2, 0.25) is 17.0 Å². The van der Waals surface area contributed by atoms with Crippen molar-refractivity contribution < 1.29 is 19.5 Å². The Balaban J connectivity index is 1.78. The minimum Gasteiger partial charge on any atom is -0.386 e. The van der Waals surface area contributed by atoms with Crippen LogP contribution >= 0.6 is 11.8 Å². The first kappa shape index (κ1) is 22.9. The van der Waals surface area contributed by atoms with Crippen molar-refractivity contribution in [3.63, 3.8) is 0 Å². The first-order valence-electron chi connectivity index (χ1n) is 9.30. The minimum atomic E-state index is -1.21. The number of β-amino-alcohol motifs (C(OH)–C–C–N with tert-alkyl or cyclic N) is 1. The Hall–Kier alpha value is -2.41. The molecule has 2 atom stereocenters. The van der Waals surface area contributed by atoms with Crippen LogP contribution < -0.4 is 16.4 Å². The normalized spacial score (nSPS) is 20.0. The van der Waals surface area contributed by atoms with E-state index in [0.29, 0.717) is 23.9 Å². The van der Waals surface area contributed by atoms with Crippen molar-refractivity contribution in [1.29, 1.82) is 0 Å². The van der Waals surface area contributed by atoms with Gasteiger partial charge in [0.25, 0.3) is 0 Å². The lowest BCUT2D eigenvalue weighted by Gasteiger charge is -2.26. The van der Waals surface area contributed by atoms with Crippen LogP contribution in [0.1, 0.15) is 26.7 Å². The second kappa shape index (κ2) is 9.87. The number of aryl methyl sites for hydroxylation is 1. The average molecular weight is 429 g/mol. The van der Waals surface area contributed by atoms with Gasteiger partial charge in [-0.2, -0.15) is 0 Å². The predicted molar refractivity (Wildman–Crippen MR) is 105 cm³/mol. The fraction of sp³-hybridized carbons (Fsp3) is 0.750. The number of rotatable bonds is 9. The van der Waals surface area contributed by atoms with Gasteiger partial charge in [-0.3, -0.25) is 9.59 Å². The van der Waals surface area contributed by atoms with E-state index >= 15 is 0 Å². The van der Waals surface area contributed by atoms with Crippen molar-refractivity contribution in [1.82, 2.24) is 35.7 Å². The molecule has 162 valence electrons. The van der Waals surface area contributed by atoms with E-state index in [0.717, 1.165) is 0 Å². The van der Waals surface area contributed by atoms with E-state index in [1.807, 2.05) is 0 Å². The quantitative estimate of drug-likeness (QED) is 0.343. The maximum absolute atomic E-state index is 12.4. The third-order valence-electron chi connectivity index (χ3n) is 4.65.